The molecule has 8 nitrogen and oxygen atoms in total. The Hall–Kier alpha value is -4.64. The van der Waals surface area contributed by atoms with Crippen molar-refractivity contribution in [2.45, 2.75) is 46.2 Å². The maximum atomic E-state index is 13.3. The molecule has 200 valence electrons. The molecule has 1 aromatic heterocycles. The number of esters is 1. The van der Waals surface area contributed by atoms with Crippen molar-refractivity contribution in [3.05, 3.63) is 94.3 Å². The summed E-state index contributed by atoms with van der Waals surface area (Å²) in [6, 6.07) is 20.6. The molecule has 39 heavy (non-hydrogen) atoms. The number of carbonyl (C=O) groups is 2. The summed E-state index contributed by atoms with van der Waals surface area (Å²) in [6.07, 6.45) is 2.99. The molecule has 2 aromatic carbocycles. The zero-order chi connectivity index (χ0) is 27.9. The van der Waals surface area contributed by atoms with Gasteiger partial charge in [-0.15, -0.1) is 0 Å². The van der Waals surface area contributed by atoms with Gasteiger partial charge in [0.05, 0.1) is 18.9 Å². The zero-order valence-corrected chi connectivity index (χ0v) is 22.7. The van der Waals surface area contributed by atoms with Crippen LogP contribution in [0.3, 0.4) is 0 Å². The van der Waals surface area contributed by atoms with Crippen LogP contribution in [0.4, 0.5) is 0 Å². The number of aromatic nitrogens is 1. The van der Waals surface area contributed by atoms with Crippen molar-refractivity contribution in [2.24, 2.45) is 5.10 Å². The van der Waals surface area contributed by atoms with Gasteiger partial charge < -0.3 is 14.0 Å². The van der Waals surface area contributed by atoms with Gasteiger partial charge in [0.15, 0.2) is 6.61 Å². The van der Waals surface area contributed by atoms with Crippen LogP contribution >= 0.6 is 0 Å². The molecular weight excluding hydrogens is 492 g/mol. The van der Waals surface area contributed by atoms with Crippen molar-refractivity contribution in [2.75, 3.05) is 13.7 Å². The molecule has 1 aliphatic heterocycles. The van der Waals surface area contributed by atoms with E-state index in [1.165, 1.54) is 11.1 Å². The van der Waals surface area contributed by atoms with E-state index in [-0.39, 0.29) is 11.6 Å². The fourth-order valence-corrected chi connectivity index (χ4v) is 4.74. The number of nitrogens with zero attached hydrogens (tertiary/aromatic N) is 4. The van der Waals surface area contributed by atoms with E-state index in [1.807, 2.05) is 80.6 Å². The van der Waals surface area contributed by atoms with Gasteiger partial charge in [0.25, 0.3) is 5.91 Å². The highest BCUT2D eigenvalue weighted by Crippen LogP contribution is 2.33. The molecule has 1 unspecified atom stereocenters. The van der Waals surface area contributed by atoms with Crippen LogP contribution in [0.25, 0.3) is 6.08 Å². The normalized spacial score (nSPS) is 15.1. The van der Waals surface area contributed by atoms with Crippen molar-refractivity contribution < 1.29 is 19.1 Å². The first kappa shape index (κ1) is 27.4. The maximum Gasteiger partial charge on any atom is 0.349 e. The Morgan fingerprint density at radius 3 is 2.49 bits per heavy atom. The number of hydrogen-bond acceptors (Lipinski definition) is 6. The maximum absolute atomic E-state index is 13.3. The van der Waals surface area contributed by atoms with Crippen LogP contribution < -0.4 is 4.74 Å². The second kappa shape index (κ2) is 12.3. The molecule has 3 aromatic rings. The average Bonchev–Trinajstić information content (AvgIpc) is 3.52. The van der Waals surface area contributed by atoms with E-state index in [0.717, 1.165) is 46.8 Å². The smallest absolute Gasteiger partial charge is 0.349 e. The van der Waals surface area contributed by atoms with E-state index in [9.17, 15) is 14.9 Å². The fourth-order valence-electron chi connectivity index (χ4n) is 4.74. The van der Waals surface area contributed by atoms with Gasteiger partial charge >= 0.3 is 5.97 Å². The highest BCUT2D eigenvalue weighted by atomic mass is 16.5. The molecule has 1 aliphatic rings. The number of carbonyl (C=O) groups excluding carboxylic acids is 2. The first-order valence-corrected chi connectivity index (χ1v) is 12.9. The first-order chi connectivity index (χ1) is 18.9. The molecule has 0 saturated heterocycles. The summed E-state index contributed by atoms with van der Waals surface area (Å²) in [5.74, 6) is -0.619. The Labute approximate surface area is 228 Å². The lowest BCUT2D eigenvalue weighted by molar-refractivity contribution is -0.149. The molecular formula is C31H32N4O4. The van der Waals surface area contributed by atoms with E-state index in [2.05, 4.69) is 16.6 Å². The van der Waals surface area contributed by atoms with E-state index >= 15 is 0 Å². The fraction of sp³-hybridized carbons (Fsp3) is 0.290. The van der Waals surface area contributed by atoms with Crippen LogP contribution in [0, 0.1) is 25.2 Å². The molecule has 1 amide bonds. The van der Waals surface area contributed by atoms with Crippen molar-refractivity contribution in [1.82, 2.24) is 9.58 Å². The van der Waals surface area contributed by atoms with Crippen LogP contribution in [0.2, 0.25) is 0 Å². The summed E-state index contributed by atoms with van der Waals surface area (Å²) in [7, 11) is 1.60. The predicted molar refractivity (Wildman–Crippen MR) is 149 cm³/mol. The third-order valence-electron chi connectivity index (χ3n) is 6.80. The van der Waals surface area contributed by atoms with Gasteiger partial charge in [-0.2, -0.15) is 10.4 Å². The number of hydrazone groups is 1. The van der Waals surface area contributed by atoms with Gasteiger partial charge in [0.1, 0.15) is 17.4 Å². The zero-order valence-electron chi connectivity index (χ0n) is 22.7. The molecule has 0 spiro atoms. The predicted octanol–water partition coefficient (Wildman–Crippen LogP) is 5.35. The highest BCUT2D eigenvalue weighted by molar-refractivity contribution is 6.03. The minimum Gasteiger partial charge on any atom is -0.497 e. The van der Waals surface area contributed by atoms with Crippen LogP contribution in [0.15, 0.2) is 71.3 Å². The van der Waals surface area contributed by atoms with Crippen LogP contribution in [-0.2, 0) is 20.9 Å². The number of benzene rings is 2. The number of methoxy groups -OCH3 is 1. The topological polar surface area (TPSA) is 96.9 Å². The Kier molecular flexibility index (Phi) is 8.62. The van der Waals surface area contributed by atoms with Crippen molar-refractivity contribution in [3.8, 4) is 11.8 Å². The molecule has 0 bridgehead atoms. The second-order valence-corrected chi connectivity index (χ2v) is 9.37. The van der Waals surface area contributed by atoms with Gasteiger partial charge in [-0.25, -0.2) is 9.80 Å². The van der Waals surface area contributed by atoms with Crippen molar-refractivity contribution in [1.29, 1.82) is 5.26 Å². The molecule has 0 aliphatic carbocycles. The SMILES string of the molecule is CCCn1c(C)cc(/C=C(\C#N)C(=O)OCC(=O)N2N=C(c3ccccc3)CC2c2ccc(OC)cc2)c1C. The second-order valence-electron chi connectivity index (χ2n) is 9.37. The number of amides is 1. The molecule has 2 heterocycles. The molecule has 1 atom stereocenters. The van der Waals surface area contributed by atoms with E-state index < -0.39 is 18.5 Å². The van der Waals surface area contributed by atoms with Gasteiger partial charge in [-0.05, 0) is 61.2 Å². The number of hydrogen-bond donors (Lipinski definition) is 0. The van der Waals surface area contributed by atoms with E-state index in [1.54, 1.807) is 7.11 Å². The lowest BCUT2D eigenvalue weighted by Gasteiger charge is -2.22. The third kappa shape index (κ3) is 6.10. The Balaban J connectivity index is 1.52. The lowest BCUT2D eigenvalue weighted by Crippen LogP contribution is -2.31. The van der Waals surface area contributed by atoms with Crippen LogP contribution in [-0.4, -0.2) is 40.9 Å². The minimum absolute atomic E-state index is 0.166. The number of aryl methyl sites for hydroxylation is 1. The van der Waals surface area contributed by atoms with Crippen molar-refractivity contribution in [3.63, 3.8) is 0 Å². The quantitative estimate of drug-likeness (QED) is 0.214. The van der Waals surface area contributed by atoms with Gasteiger partial charge in [-0.3, -0.25) is 4.79 Å². The van der Waals surface area contributed by atoms with E-state index in [4.69, 9.17) is 9.47 Å². The Bertz CT molecular complexity index is 1450. The summed E-state index contributed by atoms with van der Waals surface area (Å²) in [5.41, 5.74) is 5.18. The standard InChI is InChI=1S/C31H32N4O4/c1-5-15-34-21(2)16-25(22(34)3)17-26(19-32)31(37)39-20-30(36)35-29(24-11-13-27(38-4)14-12-24)18-28(33-35)23-9-7-6-8-10-23/h6-14,16-17,29H,5,15,18,20H2,1-4H3/b26-17+. The third-order valence-corrected chi connectivity index (χ3v) is 6.80. The van der Waals surface area contributed by atoms with Crippen LogP contribution in [0.5, 0.6) is 5.75 Å². The average molecular weight is 525 g/mol. The summed E-state index contributed by atoms with van der Waals surface area (Å²) in [5, 5.41) is 15.6. The number of nitriles is 1. The van der Waals surface area contributed by atoms with Gasteiger partial charge in [-0.1, -0.05) is 49.4 Å². The van der Waals surface area contributed by atoms with E-state index in [0.29, 0.717) is 12.2 Å². The summed E-state index contributed by atoms with van der Waals surface area (Å²) < 4.78 is 12.7. The molecule has 0 saturated carbocycles. The summed E-state index contributed by atoms with van der Waals surface area (Å²) >= 11 is 0. The molecule has 0 N–H and O–H groups in total. The number of ether oxygens (including phenoxy) is 2. The van der Waals surface area contributed by atoms with Crippen LogP contribution in [0.1, 0.15) is 53.9 Å². The van der Waals surface area contributed by atoms with Gasteiger partial charge in [0.2, 0.25) is 0 Å². The molecule has 4 rings (SSSR count). The Morgan fingerprint density at radius 1 is 1.13 bits per heavy atom. The Morgan fingerprint density at radius 2 is 1.85 bits per heavy atom. The summed E-state index contributed by atoms with van der Waals surface area (Å²) in [6.45, 7) is 6.35. The monoisotopic (exact) mass is 524 g/mol. The lowest BCUT2D eigenvalue weighted by atomic mass is 9.98. The summed E-state index contributed by atoms with van der Waals surface area (Å²) in [4.78, 5) is 26.1. The molecule has 0 fully saturated rings. The molecule has 8 heteroatoms. The van der Waals surface area contributed by atoms with Crippen molar-refractivity contribution >= 4 is 23.7 Å². The minimum atomic E-state index is -0.849. The molecule has 0 radical (unpaired) electrons. The first-order valence-electron chi connectivity index (χ1n) is 12.9. The highest BCUT2D eigenvalue weighted by Gasteiger charge is 2.33. The number of rotatable bonds is 9. The van der Waals surface area contributed by atoms with Gasteiger partial charge in [0, 0.05) is 24.4 Å². The largest absolute Gasteiger partial charge is 0.497 e.